The third-order valence-electron chi connectivity index (χ3n) is 3.03. The number of aliphatic hydroxyl groups excluding tert-OH is 1. The summed E-state index contributed by atoms with van der Waals surface area (Å²) < 4.78 is 18.9. The average molecular weight is 322 g/mol. The number of halogens is 2. The Balaban J connectivity index is 0.000000847. The van der Waals surface area contributed by atoms with E-state index in [0.29, 0.717) is 22.5 Å². The van der Waals surface area contributed by atoms with Crippen molar-refractivity contribution in [2.75, 3.05) is 0 Å². The van der Waals surface area contributed by atoms with Crippen LogP contribution in [0.2, 0.25) is 5.02 Å². The quantitative estimate of drug-likeness (QED) is 0.713. The van der Waals surface area contributed by atoms with Gasteiger partial charge < -0.3 is 9.52 Å². The fourth-order valence-electron chi connectivity index (χ4n) is 2.15. The molecule has 0 fully saturated rings. The Morgan fingerprint density at radius 2 is 1.95 bits per heavy atom. The molecule has 5 heteroatoms. The molecule has 0 saturated heterocycles. The second kappa shape index (κ2) is 6.90. The van der Waals surface area contributed by atoms with E-state index in [4.69, 9.17) is 16.0 Å². The Kier molecular flexibility index (Phi) is 5.16. The van der Waals surface area contributed by atoms with Gasteiger partial charge in [-0.1, -0.05) is 25.4 Å². The minimum Gasteiger partial charge on any atom is -0.459 e. The number of hydrogen-bond donors (Lipinski definition) is 1. The number of rotatable bonds is 2. The highest BCUT2D eigenvalue weighted by atomic mass is 35.5. The SMILES string of the molecule is CC.Cc1cc2cc(CO)nc(-c3ccc(F)c(Cl)c3)c2o1. The van der Waals surface area contributed by atoms with E-state index in [2.05, 4.69) is 4.98 Å². The molecular weight excluding hydrogens is 305 g/mol. The third kappa shape index (κ3) is 3.13. The van der Waals surface area contributed by atoms with Gasteiger partial charge in [0.25, 0.3) is 0 Å². The van der Waals surface area contributed by atoms with Gasteiger partial charge in [0, 0.05) is 10.9 Å². The topological polar surface area (TPSA) is 46.3 Å². The fraction of sp³-hybridized carbons (Fsp3) is 0.235. The monoisotopic (exact) mass is 321 g/mol. The average Bonchev–Trinajstić information content (AvgIpc) is 2.91. The van der Waals surface area contributed by atoms with Crippen LogP contribution < -0.4 is 0 Å². The van der Waals surface area contributed by atoms with Crippen molar-refractivity contribution in [3.8, 4) is 11.3 Å². The second-order valence-corrected chi connectivity index (χ2v) is 4.93. The van der Waals surface area contributed by atoms with Gasteiger partial charge in [-0.3, -0.25) is 0 Å². The van der Waals surface area contributed by atoms with Crippen molar-refractivity contribution >= 4 is 22.6 Å². The van der Waals surface area contributed by atoms with Crippen LogP contribution in [0.1, 0.15) is 25.3 Å². The highest BCUT2D eigenvalue weighted by Gasteiger charge is 2.13. The molecule has 3 aromatic rings. The molecule has 3 rings (SSSR count). The molecule has 0 radical (unpaired) electrons. The van der Waals surface area contributed by atoms with Gasteiger partial charge >= 0.3 is 0 Å². The lowest BCUT2D eigenvalue weighted by atomic mass is 10.1. The smallest absolute Gasteiger partial charge is 0.160 e. The summed E-state index contributed by atoms with van der Waals surface area (Å²) in [4.78, 5) is 4.35. The highest BCUT2D eigenvalue weighted by Crippen LogP contribution is 2.32. The van der Waals surface area contributed by atoms with Crippen molar-refractivity contribution in [1.82, 2.24) is 4.98 Å². The molecule has 1 aromatic carbocycles. The molecule has 0 amide bonds. The van der Waals surface area contributed by atoms with E-state index >= 15 is 0 Å². The summed E-state index contributed by atoms with van der Waals surface area (Å²) in [7, 11) is 0. The van der Waals surface area contributed by atoms with Gasteiger partial charge in [-0.25, -0.2) is 9.37 Å². The summed E-state index contributed by atoms with van der Waals surface area (Å²) in [6.45, 7) is 5.65. The first-order valence-corrected chi connectivity index (χ1v) is 7.42. The van der Waals surface area contributed by atoms with Crippen LogP contribution in [0.15, 0.2) is 34.7 Å². The van der Waals surface area contributed by atoms with E-state index in [1.807, 2.05) is 26.8 Å². The summed E-state index contributed by atoms with van der Waals surface area (Å²) in [5, 5.41) is 10.2. The van der Waals surface area contributed by atoms with E-state index in [9.17, 15) is 9.50 Å². The number of benzene rings is 1. The maximum atomic E-state index is 13.3. The van der Waals surface area contributed by atoms with Crippen molar-refractivity contribution < 1.29 is 13.9 Å². The molecule has 0 bridgehead atoms. The van der Waals surface area contributed by atoms with Gasteiger partial charge in [0.1, 0.15) is 17.3 Å². The first kappa shape index (κ1) is 16.5. The molecule has 0 saturated carbocycles. The van der Waals surface area contributed by atoms with Gasteiger partial charge in [-0.15, -0.1) is 0 Å². The van der Waals surface area contributed by atoms with Crippen molar-refractivity contribution in [3.05, 3.63) is 52.6 Å². The standard InChI is InChI=1S/C15H11ClFNO2.C2H6/c1-8-4-10-5-11(7-19)18-14(15(10)20-8)9-2-3-13(17)12(16)6-9;1-2/h2-6,19H,7H2,1H3;1-2H3. The highest BCUT2D eigenvalue weighted by molar-refractivity contribution is 6.31. The van der Waals surface area contributed by atoms with Gasteiger partial charge in [0.15, 0.2) is 5.58 Å². The van der Waals surface area contributed by atoms with Crippen molar-refractivity contribution in [3.63, 3.8) is 0 Å². The number of fused-ring (bicyclic) bond motifs is 1. The van der Waals surface area contributed by atoms with Crippen LogP contribution in [-0.4, -0.2) is 10.1 Å². The van der Waals surface area contributed by atoms with Crippen LogP contribution in [0.3, 0.4) is 0 Å². The normalized spacial score (nSPS) is 10.5. The van der Waals surface area contributed by atoms with Crippen LogP contribution in [0.4, 0.5) is 4.39 Å². The minimum absolute atomic E-state index is 0.0233. The summed E-state index contributed by atoms with van der Waals surface area (Å²) in [5.41, 5.74) is 2.31. The first-order chi connectivity index (χ1) is 10.6. The fourth-order valence-corrected chi connectivity index (χ4v) is 2.33. The lowest BCUT2D eigenvalue weighted by Gasteiger charge is -2.05. The molecule has 0 unspecified atom stereocenters. The van der Waals surface area contributed by atoms with Crippen molar-refractivity contribution in [1.29, 1.82) is 0 Å². The van der Waals surface area contributed by atoms with E-state index in [-0.39, 0.29) is 11.6 Å². The van der Waals surface area contributed by atoms with Gasteiger partial charge in [0.05, 0.1) is 17.3 Å². The van der Waals surface area contributed by atoms with Gasteiger partial charge in [-0.05, 0) is 37.3 Å². The van der Waals surface area contributed by atoms with Crippen LogP contribution in [0, 0.1) is 12.7 Å². The van der Waals surface area contributed by atoms with E-state index in [1.165, 1.54) is 12.1 Å². The Morgan fingerprint density at radius 1 is 1.23 bits per heavy atom. The molecule has 0 aliphatic rings. The number of furan rings is 1. The number of hydrogen-bond acceptors (Lipinski definition) is 3. The molecule has 2 aromatic heterocycles. The van der Waals surface area contributed by atoms with Crippen molar-refractivity contribution in [2.45, 2.75) is 27.4 Å². The molecule has 2 heterocycles. The Hall–Kier alpha value is -1.91. The van der Waals surface area contributed by atoms with Crippen LogP contribution in [-0.2, 0) is 6.61 Å². The van der Waals surface area contributed by atoms with E-state index in [1.54, 1.807) is 12.1 Å². The number of nitrogens with zero attached hydrogens (tertiary/aromatic N) is 1. The molecule has 0 aliphatic heterocycles. The molecular formula is C17H17ClFNO2. The molecule has 116 valence electrons. The van der Waals surface area contributed by atoms with Crippen molar-refractivity contribution in [2.24, 2.45) is 0 Å². The third-order valence-corrected chi connectivity index (χ3v) is 3.32. The Labute approximate surface area is 133 Å². The first-order valence-electron chi connectivity index (χ1n) is 7.05. The predicted molar refractivity (Wildman–Crippen MR) is 86.4 cm³/mol. The molecule has 0 atom stereocenters. The maximum absolute atomic E-state index is 13.3. The van der Waals surface area contributed by atoms with Crippen LogP contribution >= 0.6 is 11.6 Å². The number of aliphatic hydroxyl groups is 1. The molecule has 3 nitrogen and oxygen atoms in total. The Morgan fingerprint density at radius 3 is 2.59 bits per heavy atom. The maximum Gasteiger partial charge on any atom is 0.160 e. The lowest BCUT2D eigenvalue weighted by Crippen LogP contribution is -1.93. The number of aryl methyl sites for hydroxylation is 1. The molecule has 1 N–H and O–H groups in total. The number of pyridine rings is 1. The number of aromatic nitrogens is 1. The zero-order valence-corrected chi connectivity index (χ0v) is 13.4. The Bertz CT molecular complexity index is 799. The molecule has 0 spiro atoms. The zero-order valence-electron chi connectivity index (χ0n) is 12.7. The molecule has 0 aliphatic carbocycles. The minimum atomic E-state index is -0.486. The summed E-state index contributed by atoms with van der Waals surface area (Å²) >= 11 is 5.81. The lowest BCUT2D eigenvalue weighted by molar-refractivity contribution is 0.277. The predicted octanol–water partition coefficient (Wildman–Crippen LogP) is 5.11. The van der Waals surface area contributed by atoms with E-state index in [0.717, 1.165) is 11.1 Å². The zero-order chi connectivity index (χ0) is 16.3. The van der Waals surface area contributed by atoms with Gasteiger partial charge in [-0.2, -0.15) is 0 Å². The van der Waals surface area contributed by atoms with Gasteiger partial charge in [0.2, 0.25) is 0 Å². The molecule has 22 heavy (non-hydrogen) atoms. The summed E-state index contributed by atoms with van der Waals surface area (Å²) in [6.07, 6.45) is 0. The second-order valence-electron chi connectivity index (χ2n) is 4.52. The van der Waals surface area contributed by atoms with Crippen LogP contribution in [0.5, 0.6) is 0 Å². The van der Waals surface area contributed by atoms with Crippen LogP contribution in [0.25, 0.3) is 22.2 Å². The summed E-state index contributed by atoms with van der Waals surface area (Å²) in [6, 6.07) is 8.00. The summed E-state index contributed by atoms with van der Waals surface area (Å²) in [5.74, 6) is 0.256. The largest absolute Gasteiger partial charge is 0.459 e. The van der Waals surface area contributed by atoms with E-state index < -0.39 is 5.82 Å².